The molecule has 9 heteroatoms. The van der Waals surface area contributed by atoms with Gasteiger partial charge < -0.3 is 5.32 Å². The fourth-order valence-electron chi connectivity index (χ4n) is 2.49. The highest BCUT2D eigenvalue weighted by Crippen LogP contribution is 2.31. The van der Waals surface area contributed by atoms with Crippen LogP contribution in [0, 0.1) is 0 Å². The molecule has 0 bridgehead atoms. The molecule has 1 amide bonds. The fraction of sp³-hybridized carbons (Fsp3) is 0.235. The zero-order chi connectivity index (χ0) is 19.5. The highest BCUT2D eigenvalue weighted by Gasteiger charge is 2.32. The van der Waals surface area contributed by atoms with E-state index in [1.807, 2.05) is 0 Å². The Bertz CT molecular complexity index is 919. The van der Waals surface area contributed by atoms with Crippen LogP contribution in [0.3, 0.4) is 0 Å². The van der Waals surface area contributed by atoms with Crippen molar-refractivity contribution in [3.8, 4) is 0 Å². The van der Waals surface area contributed by atoms with Crippen LogP contribution in [0.25, 0.3) is 0 Å². The van der Waals surface area contributed by atoms with Crippen molar-refractivity contribution >= 4 is 62.1 Å². The number of anilines is 2. The second-order valence-corrected chi connectivity index (χ2v) is 8.63. The maximum Gasteiger partial charge on any atom is 0.248 e. The molecule has 0 aromatic heterocycles. The van der Waals surface area contributed by atoms with E-state index in [1.165, 1.54) is 6.07 Å². The van der Waals surface area contributed by atoms with Gasteiger partial charge in [-0.15, -0.1) is 0 Å². The summed E-state index contributed by atoms with van der Waals surface area (Å²) in [5, 5.41) is 3.48. The van der Waals surface area contributed by atoms with Crippen molar-refractivity contribution in [3.05, 3.63) is 57.5 Å². The van der Waals surface area contributed by atoms with E-state index >= 15 is 0 Å². The summed E-state index contributed by atoms with van der Waals surface area (Å²) in [5.74, 6) is -0.526. The van der Waals surface area contributed by atoms with Gasteiger partial charge in [0.15, 0.2) is 0 Å². The highest BCUT2D eigenvalue weighted by atomic mass is 35.5. The molecule has 0 unspecified atom stereocenters. The first kappa shape index (κ1) is 20.8. The lowest BCUT2D eigenvalue weighted by molar-refractivity contribution is -0.117. The van der Waals surface area contributed by atoms with Crippen LogP contribution in [0.4, 0.5) is 11.4 Å². The van der Waals surface area contributed by atoms with E-state index in [0.717, 1.165) is 10.6 Å². The maximum absolute atomic E-state index is 12.8. The summed E-state index contributed by atoms with van der Waals surface area (Å²) < 4.78 is 25.8. The lowest BCUT2D eigenvalue weighted by atomic mass is 10.2. The SMILES string of the molecule is CC[C@H](C(=O)Nc1cccc(Cl)c1Cl)N(c1cccc(Cl)c1)S(C)(=O)=O. The summed E-state index contributed by atoms with van der Waals surface area (Å²) in [4.78, 5) is 12.8. The van der Waals surface area contributed by atoms with E-state index in [2.05, 4.69) is 5.32 Å². The van der Waals surface area contributed by atoms with Gasteiger partial charge >= 0.3 is 0 Å². The predicted octanol–water partition coefficient (Wildman–Crippen LogP) is 4.83. The zero-order valence-corrected chi connectivity index (χ0v) is 17.1. The minimum atomic E-state index is -3.75. The van der Waals surface area contributed by atoms with Crippen molar-refractivity contribution < 1.29 is 13.2 Å². The molecule has 0 aliphatic heterocycles. The number of rotatable bonds is 6. The van der Waals surface area contributed by atoms with Crippen molar-refractivity contribution in [2.75, 3.05) is 15.9 Å². The second kappa shape index (κ2) is 8.48. The first-order valence-corrected chi connectivity index (χ1v) is 10.6. The average molecular weight is 436 g/mol. The standard InChI is InChI=1S/C17H17Cl3N2O3S/c1-3-15(17(23)21-14-9-5-8-13(19)16(14)20)22(26(2,24)25)12-7-4-6-11(18)10-12/h4-10,15H,3H2,1-2H3,(H,21,23)/t15-/m1/s1. The summed E-state index contributed by atoms with van der Waals surface area (Å²) >= 11 is 18.0. The van der Waals surface area contributed by atoms with Crippen LogP contribution < -0.4 is 9.62 Å². The Morgan fingerprint density at radius 3 is 2.38 bits per heavy atom. The number of carbonyl (C=O) groups excluding carboxylic acids is 1. The predicted molar refractivity (Wildman–Crippen MR) is 108 cm³/mol. The number of hydrogen-bond acceptors (Lipinski definition) is 3. The van der Waals surface area contributed by atoms with Crippen molar-refractivity contribution in [1.29, 1.82) is 0 Å². The molecule has 0 aliphatic carbocycles. The van der Waals surface area contributed by atoms with Gasteiger partial charge in [-0.2, -0.15) is 0 Å². The topological polar surface area (TPSA) is 66.5 Å². The molecule has 0 saturated carbocycles. The number of nitrogens with one attached hydrogen (secondary N) is 1. The Morgan fingerprint density at radius 1 is 1.15 bits per heavy atom. The van der Waals surface area contributed by atoms with Crippen LogP contribution in [0.2, 0.25) is 15.1 Å². The van der Waals surface area contributed by atoms with Gasteiger partial charge in [-0.3, -0.25) is 9.10 Å². The van der Waals surface area contributed by atoms with E-state index in [1.54, 1.807) is 43.3 Å². The number of amides is 1. The summed E-state index contributed by atoms with van der Waals surface area (Å²) in [7, 11) is -3.75. The molecule has 0 saturated heterocycles. The van der Waals surface area contributed by atoms with Crippen molar-refractivity contribution in [2.45, 2.75) is 19.4 Å². The molecule has 5 nitrogen and oxygen atoms in total. The van der Waals surface area contributed by atoms with Gasteiger partial charge in [-0.05, 0) is 36.8 Å². The van der Waals surface area contributed by atoms with Crippen LogP contribution in [-0.2, 0) is 14.8 Å². The quantitative estimate of drug-likeness (QED) is 0.706. The Balaban J connectivity index is 2.42. The summed E-state index contributed by atoms with van der Waals surface area (Å²) in [6, 6.07) is 10.1. The largest absolute Gasteiger partial charge is 0.323 e. The monoisotopic (exact) mass is 434 g/mol. The van der Waals surface area contributed by atoms with Gasteiger partial charge in [-0.1, -0.05) is 53.9 Å². The number of carbonyl (C=O) groups is 1. The highest BCUT2D eigenvalue weighted by molar-refractivity contribution is 7.92. The Morgan fingerprint density at radius 2 is 1.81 bits per heavy atom. The van der Waals surface area contributed by atoms with E-state index in [9.17, 15) is 13.2 Å². The van der Waals surface area contributed by atoms with Crippen molar-refractivity contribution in [2.24, 2.45) is 0 Å². The van der Waals surface area contributed by atoms with E-state index < -0.39 is 22.0 Å². The molecule has 2 rings (SSSR count). The Kier molecular flexibility index (Phi) is 6.80. The Hall–Kier alpha value is -1.47. The molecular formula is C17H17Cl3N2O3S. The molecule has 0 aliphatic rings. The zero-order valence-electron chi connectivity index (χ0n) is 14.0. The molecule has 1 atom stereocenters. The molecular weight excluding hydrogens is 419 g/mol. The second-order valence-electron chi connectivity index (χ2n) is 5.55. The molecule has 2 aromatic carbocycles. The first-order chi connectivity index (χ1) is 12.1. The number of nitrogens with zero attached hydrogens (tertiary/aromatic N) is 1. The smallest absolute Gasteiger partial charge is 0.248 e. The fourth-order valence-corrected chi connectivity index (χ4v) is 4.23. The van der Waals surface area contributed by atoms with Crippen LogP contribution in [-0.4, -0.2) is 26.6 Å². The van der Waals surface area contributed by atoms with Gasteiger partial charge in [0.1, 0.15) is 6.04 Å². The molecule has 0 fully saturated rings. The molecule has 0 heterocycles. The molecule has 26 heavy (non-hydrogen) atoms. The van der Waals surface area contributed by atoms with Crippen LogP contribution in [0.15, 0.2) is 42.5 Å². The molecule has 1 N–H and O–H groups in total. The van der Waals surface area contributed by atoms with Crippen molar-refractivity contribution in [1.82, 2.24) is 0 Å². The third-order valence-corrected chi connectivity index (χ3v) is 5.84. The third kappa shape index (κ3) is 4.82. The van der Waals surface area contributed by atoms with Gasteiger partial charge in [0, 0.05) is 5.02 Å². The minimum Gasteiger partial charge on any atom is -0.323 e. The molecule has 140 valence electrons. The third-order valence-electron chi connectivity index (χ3n) is 3.60. The van der Waals surface area contributed by atoms with Gasteiger partial charge in [0.05, 0.1) is 27.7 Å². The summed E-state index contributed by atoms with van der Waals surface area (Å²) in [5.41, 5.74) is 0.612. The lowest BCUT2D eigenvalue weighted by Gasteiger charge is -2.30. The summed E-state index contributed by atoms with van der Waals surface area (Å²) in [6.45, 7) is 1.71. The van der Waals surface area contributed by atoms with Crippen LogP contribution in [0.1, 0.15) is 13.3 Å². The Labute approximate surface area is 167 Å². The average Bonchev–Trinajstić information content (AvgIpc) is 2.55. The van der Waals surface area contributed by atoms with E-state index in [-0.39, 0.29) is 16.5 Å². The lowest BCUT2D eigenvalue weighted by Crippen LogP contribution is -2.47. The number of hydrogen-bond donors (Lipinski definition) is 1. The van der Waals surface area contributed by atoms with E-state index in [0.29, 0.717) is 16.4 Å². The van der Waals surface area contributed by atoms with E-state index in [4.69, 9.17) is 34.8 Å². The van der Waals surface area contributed by atoms with Crippen LogP contribution >= 0.6 is 34.8 Å². The van der Waals surface area contributed by atoms with Crippen molar-refractivity contribution in [3.63, 3.8) is 0 Å². The number of halogens is 3. The minimum absolute atomic E-state index is 0.186. The molecule has 0 radical (unpaired) electrons. The van der Waals surface area contributed by atoms with Gasteiger partial charge in [0.2, 0.25) is 15.9 Å². The van der Waals surface area contributed by atoms with Crippen LogP contribution in [0.5, 0.6) is 0 Å². The number of benzene rings is 2. The number of sulfonamides is 1. The van der Waals surface area contributed by atoms with Gasteiger partial charge in [0.25, 0.3) is 0 Å². The molecule has 2 aromatic rings. The molecule has 0 spiro atoms. The maximum atomic E-state index is 12.8. The normalized spacial score (nSPS) is 12.5. The summed E-state index contributed by atoms with van der Waals surface area (Å²) in [6.07, 6.45) is 1.28. The first-order valence-electron chi connectivity index (χ1n) is 7.65. The van der Waals surface area contributed by atoms with Gasteiger partial charge in [-0.25, -0.2) is 8.42 Å².